The molecule has 6 nitrogen and oxygen atoms in total. The number of nitrogens with one attached hydrogen (secondary N) is 2. The molecule has 3 N–H and O–H groups in total. The van der Waals surface area contributed by atoms with Gasteiger partial charge in [-0.05, 0) is 24.3 Å². The van der Waals surface area contributed by atoms with Crippen LogP contribution in [0.2, 0.25) is 5.15 Å². The fourth-order valence-electron chi connectivity index (χ4n) is 1.42. The Balaban J connectivity index is 2.05. The van der Waals surface area contributed by atoms with Crippen LogP contribution in [0.3, 0.4) is 0 Å². The molecule has 1 heterocycles. The Hall–Kier alpha value is -2.60. The van der Waals surface area contributed by atoms with Crippen LogP contribution in [0, 0.1) is 0 Å². The van der Waals surface area contributed by atoms with E-state index >= 15 is 0 Å². The van der Waals surface area contributed by atoms with E-state index in [0.717, 1.165) is 0 Å². The van der Waals surface area contributed by atoms with Crippen molar-refractivity contribution in [2.45, 2.75) is 0 Å². The number of halogens is 1. The number of carbonyl (C=O) groups excluding carboxylic acids is 2. The predicted octanol–water partition coefficient (Wildman–Crippen LogP) is 2.02. The summed E-state index contributed by atoms with van der Waals surface area (Å²) in [6.45, 7) is 0. The van der Waals surface area contributed by atoms with Crippen molar-refractivity contribution in [1.29, 1.82) is 0 Å². The lowest BCUT2D eigenvalue weighted by atomic mass is 10.3. The van der Waals surface area contributed by atoms with Crippen LogP contribution >= 0.6 is 11.6 Å². The number of phenolic OH excluding ortho intramolecular Hbond substituents is 1. The third-order valence-electron chi connectivity index (χ3n) is 2.37. The Morgan fingerprint density at radius 3 is 2.25 bits per heavy atom. The maximum atomic E-state index is 11.7. The molecule has 2 rings (SSSR count). The number of benzene rings is 1. The highest BCUT2D eigenvalue weighted by atomic mass is 35.5. The van der Waals surface area contributed by atoms with Gasteiger partial charge in [0.2, 0.25) is 0 Å². The van der Waals surface area contributed by atoms with Crippen LogP contribution in [0.5, 0.6) is 5.75 Å². The summed E-state index contributed by atoms with van der Waals surface area (Å²) < 4.78 is 0. The Bertz CT molecular complexity index is 603. The van der Waals surface area contributed by atoms with Gasteiger partial charge < -0.3 is 15.7 Å². The Morgan fingerprint density at radius 2 is 1.60 bits per heavy atom. The number of phenols is 1. The minimum absolute atomic E-state index is 0.0798. The van der Waals surface area contributed by atoms with E-state index in [1.807, 2.05) is 0 Å². The van der Waals surface area contributed by atoms with Crippen LogP contribution in [-0.2, 0) is 9.59 Å². The first-order valence-electron chi connectivity index (χ1n) is 5.59. The quantitative estimate of drug-likeness (QED) is 0.448. The van der Waals surface area contributed by atoms with Crippen LogP contribution in [0.25, 0.3) is 0 Å². The average molecular weight is 292 g/mol. The summed E-state index contributed by atoms with van der Waals surface area (Å²) in [7, 11) is 0. The number of carbonyl (C=O) groups is 2. The first kappa shape index (κ1) is 13.8. The van der Waals surface area contributed by atoms with Gasteiger partial charge in [-0.2, -0.15) is 0 Å². The van der Waals surface area contributed by atoms with Crippen LogP contribution in [0.15, 0.2) is 42.6 Å². The second-order valence-electron chi connectivity index (χ2n) is 3.77. The summed E-state index contributed by atoms with van der Waals surface area (Å²) in [4.78, 5) is 27.1. The highest BCUT2D eigenvalue weighted by Gasteiger charge is 2.16. The molecule has 0 atom stereocenters. The van der Waals surface area contributed by atoms with E-state index in [1.54, 1.807) is 18.2 Å². The normalized spacial score (nSPS) is 9.85. The molecule has 1 aromatic heterocycles. The number of anilines is 2. The molecule has 0 fully saturated rings. The van der Waals surface area contributed by atoms with Gasteiger partial charge in [0.25, 0.3) is 0 Å². The van der Waals surface area contributed by atoms with Crippen molar-refractivity contribution in [3.8, 4) is 5.75 Å². The van der Waals surface area contributed by atoms with E-state index in [4.69, 9.17) is 11.6 Å². The largest absolute Gasteiger partial charge is 0.506 e. The Morgan fingerprint density at radius 1 is 1.00 bits per heavy atom. The highest BCUT2D eigenvalue weighted by Crippen LogP contribution is 2.21. The molecule has 0 radical (unpaired) electrons. The first-order valence-corrected chi connectivity index (χ1v) is 5.96. The van der Waals surface area contributed by atoms with Gasteiger partial charge in [0.15, 0.2) is 5.15 Å². The number of aromatic nitrogens is 1. The minimum atomic E-state index is -0.925. The van der Waals surface area contributed by atoms with Gasteiger partial charge in [-0.3, -0.25) is 9.59 Å². The van der Waals surface area contributed by atoms with Gasteiger partial charge in [0.1, 0.15) is 5.75 Å². The fraction of sp³-hybridized carbons (Fsp3) is 0. The molecule has 2 amide bonds. The second kappa shape index (κ2) is 6.03. The number of aromatic hydroxyl groups is 1. The molecule has 0 aliphatic carbocycles. The van der Waals surface area contributed by atoms with Crippen molar-refractivity contribution >= 4 is 34.8 Å². The van der Waals surface area contributed by atoms with E-state index in [2.05, 4.69) is 15.6 Å². The number of para-hydroxylation sites is 2. The topological polar surface area (TPSA) is 91.3 Å². The smallest absolute Gasteiger partial charge is 0.314 e. The Labute approximate surface area is 119 Å². The molecule has 0 saturated heterocycles. The predicted molar refractivity (Wildman–Crippen MR) is 74.6 cm³/mol. The molecule has 0 bridgehead atoms. The number of rotatable bonds is 2. The van der Waals surface area contributed by atoms with Crippen LogP contribution in [0.1, 0.15) is 0 Å². The van der Waals surface area contributed by atoms with Crippen molar-refractivity contribution in [1.82, 2.24) is 4.98 Å². The lowest BCUT2D eigenvalue weighted by Crippen LogP contribution is -2.29. The maximum absolute atomic E-state index is 11.7. The third kappa shape index (κ3) is 3.24. The zero-order valence-corrected chi connectivity index (χ0v) is 10.9. The molecule has 0 spiro atoms. The monoisotopic (exact) mass is 291 g/mol. The van der Waals surface area contributed by atoms with E-state index in [9.17, 15) is 14.7 Å². The molecule has 0 aliphatic rings. The van der Waals surface area contributed by atoms with Crippen LogP contribution < -0.4 is 10.6 Å². The molecule has 0 aliphatic heterocycles. The van der Waals surface area contributed by atoms with Gasteiger partial charge in [0, 0.05) is 6.20 Å². The van der Waals surface area contributed by atoms with Crippen LogP contribution in [-0.4, -0.2) is 21.9 Å². The minimum Gasteiger partial charge on any atom is -0.506 e. The molecular weight excluding hydrogens is 282 g/mol. The average Bonchev–Trinajstić information content (AvgIpc) is 2.43. The van der Waals surface area contributed by atoms with Crippen molar-refractivity contribution < 1.29 is 14.7 Å². The highest BCUT2D eigenvalue weighted by molar-refractivity contribution is 6.44. The number of pyridine rings is 1. The summed E-state index contributed by atoms with van der Waals surface area (Å²) in [6.07, 6.45) is 1.46. The number of hydrogen-bond donors (Lipinski definition) is 3. The summed E-state index contributed by atoms with van der Waals surface area (Å²) in [5, 5.41) is 14.2. The SMILES string of the molecule is O=C(Nc1ccccc1O)C(=O)Nc1cccnc1Cl. The summed E-state index contributed by atoms with van der Waals surface area (Å²) in [6, 6.07) is 9.16. The molecule has 20 heavy (non-hydrogen) atoms. The van der Waals surface area contributed by atoms with Crippen molar-refractivity contribution in [2.24, 2.45) is 0 Å². The third-order valence-corrected chi connectivity index (χ3v) is 2.67. The van der Waals surface area contributed by atoms with Gasteiger partial charge >= 0.3 is 11.8 Å². The van der Waals surface area contributed by atoms with Crippen LogP contribution in [0.4, 0.5) is 11.4 Å². The molecule has 2 aromatic rings. The van der Waals surface area contributed by atoms with E-state index < -0.39 is 11.8 Å². The van der Waals surface area contributed by atoms with Gasteiger partial charge in [-0.25, -0.2) is 4.98 Å². The molecular formula is C13H10ClN3O3. The van der Waals surface area contributed by atoms with E-state index in [0.29, 0.717) is 0 Å². The zero-order chi connectivity index (χ0) is 14.5. The van der Waals surface area contributed by atoms with Gasteiger partial charge in [-0.1, -0.05) is 23.7 Å². The standard InChI is InChI=1S/C13H10ClN3O3/c14-11-9(5-3-7-15-11)17-13(20)12(19)16-8-4-1-2-6-10(8)18/h1-7,18H,(H,16,19)(H,17,20). The summed E-state index contributed by atoms with van der Waals surface area (Å²) in [5.74, 6) is -1.97. The molecule has 1 aromatic carbocycles. The van der Waals surface area contributed by atoms with Gasteiger partial charge in [0.05, 0.1) is 11.4 Å². The lowest BCUT2D eigenvalue weighted by molar-refractivity contribution is -0.133. The first-order chi connectivity index (χ1) is 9.58. The van der Waals surface area contributed by atoms with Crippen molar-refractivity contribution in [2.75, 3.05) is 10.6 Å². The number of hydrogen-bond acceptors (Lipinski definition) is 4. The van der Waals surface area contributed by atoms with Crippen molar-refractivity contribution in [3.05, 3.63) is 47.7 Å². The maximum Gasteiger partial charge on any atom is 0.314 e. The van der Waals surface area contributed by atoms with E-state index in [1.165, 1.54) is 24.4 Å². The summed E-state index contributed by atoms with van der Waals surface area (Å²) >= 11 is 5.76. The van der Waals surface area contributed by atoms with Crippen molar-refractivity contribution in [3.63, 3.8) is 0 Å². The lowest BCUT2D eigenvalue weighted by Gasteiger charge is -2.08. The fourth-order valence-corrected chi connectivity index (χ4v) is 1.58. The molecule has 0 saturated carbocycles. The summed E-state index contributed by atoms with van der Waals surface area (Å²) in [5.41, 5.74) is 0.372. The number of amides is 2. The van der Waals surface area contributed by atoms with E-state index in [-0.39, 0.29) is 22.3 Å². The molecule has 0 unspecified atom stereocenters. The second-order valence-corrected chi connectivity index (χ2v) is 4.13. The molecule has 7 heteroatoms. The molecule has 102 valence electrons. The number of nitrogens with zero attached hydrogens (tertiary/aromatic N) is 1. The Kier molecular flexibility index (Phi) is 4.17. The van der Waals surface area contributed by atoms with Gasteiger partial charge in [-0.15, -0.1) is 0 Å². The zero-order valence-electron chi connectivity index (χ0n) is 10.1.